The molecular formula is C13H14F2N2O2. The van der Waals surface area contributed by atoms with Crippen LogP contribution in [0.25, 0.3) is 0 Å². The number of benzene rings is 1. The van der Waals surface area contributed by atoms with E-state index < -0.39 is 12.7 Å². The number of aromatic nitrogens is 2. The van der Waals surface area contributed by atoms with E-state index in [0.29, 0.717) is 5.75 Å². The van der Waals surface area contributed by atoms with E-state index in [1.807, 2.05) is 0 Å². The van der Waals surface area contributed by atoms with E-state index in [9.17, 15) is 13.9 Å². The number of rotatable bonds is 5. The predicted octanol–water partition coefficient (Wildman–Crippen LogP) is 2.91. The van der Waals surface area contributed by atoms with Crippen LogP contribution in [0.5, 0.6) is 5.75 Å². The van der Waals surface area contributed by atoms with Gasteiger partial charge in [0.05, 0.1) is 6.10 Å². The van der Waals surface area contributed by atoms with Crippen LogP contribution in [0.1, 0.15) is 31.0 Å². The molecule has 6 heteroatoms. The Balaban J connectivity index is 2.00. The van der Waals surface area contributed by atoms with Gasteiger partial charge in [0.25, 0.3) is 0 Å². The summed E-state index contributed by atoms with van der Waals surface area (Å²) in [4.78, 5) is 3.82. The summed E-state index contributed by atoms with van der Waals surface area (Å²) in [7, 11) is 0. The lowest BCUT2D eigenvalue weighted by atomic mass is 10.1. The Bertz CT molecular complexity index is 524. The first-order valence-electron chi connectivity index (χ1n) is 5.78. The Morgan fingerprint density at radius 2 is 2.00 bits per heavy atom. The lowest BCUT2D eigenvalue weighted by Gasteiger charge is -2.09. The normalized spacial score (nSPS) is 12.7. The molecule has 0 saturated heterocycles. The second-order valence-corrected chi connectivity index (χ2v) is 4.06. The van der Waals surface area contributed by atoms with Crippen molar-refractivity contribution in [2.75, 3.05) is 0 Å². The zero-order valence-electron chi connectivity index (χ0n) is 10.3. The van der Waals surface area contributed by atoms with Gasteiger partial charge in [0.15, 0.2) is 5.82 Å². The zero-order chi connectivity index (χ0) is 13.8. The summed E-state index contributed by atoms with van der Waals surface area (Å²) < 4.78 is 31.3. The fourth-order valence-corrected chi connectivity index (χ4v) is 1.62. The van der Waals surface area contributed by atoms with E-state index >= 15 is 0 Å². The Labute approximate surface area is 109 Å². The van der Waals surface area contributed by atoms with Crippen LogP contribution in [0.3, 0.4) is 0 Å². The minimum Gasteiger partial charge on any atom is -0.486 e. The first-order valence-corrected chi connectivity index (χ1v) is 5.78. The van der Waals surface area contributed by atoms with E-state index in [4.69, 9.17) is 4.74 Å². The van der Waals surface area contributed by atoms with Crippen molar-refractivity contribution >= 4 is 0 Å². The Morgan fingerprint density at radius 3 is 2.58 bits per heavy atom. The minimum absolute atomic E-state index is 0.0363. The molecule has 1 atom stereocenters. The van der Waals surface area contributed by atoms with Gasteiger partial charge in [-0.05, 0) is 24.6 Å². The molecule has 102 valence electrons. The maximum Gasteiger partial charge on any atom is 0.320 e. The van der Waals surface area contributed by atoms with Crippen LogP contribution in [0.4, 0.5) is 8.78 Å². The molecule has 0 aliphatic rings. The quantitative estimate of drug-likeness (QED) is 0.907. The Hall–Kier alpha value is -1.95. The summed E-state index contributed by atoms with van der Waals surface area (Å²) in [6, 6.07) is 6.80. The monoisotopic (exact) mass is 268 g/mol. The maximum atomic E-state index is 12.6. The minimum atomic E-state index is -2.63. The molecule has 0 unspecified atom stereocenters. The Morgan fingerprint density at radius 1 is 1.32 bits per heavy atom. The van der Waals surface area contributed by atoms with E-state index in [1.54, 1.807) is 31.2 Å². The number of imidazole rings is 1. The van der Waals surface area contributed by atoms with Gasteiger partial charge in [0.2, 0.25) is 0 Å². The van der Waals surface area contributed by atoms with Crippen LogP contribution >= 0.6 is 0 Å². The van der Waals surface area contributed by atoms with Crippen LogP contribution in [0.2, 0.25) is 0 Å². The summed E-state index contributed by atoms with van der Waals surface area (Å²) in [5.74, 6) is 0.697. The second kappa shape index (κ2) is 5.79. The van der Waals surface area contributed by atoms with Gasteiger partial charge in [0, 0.05) is 12.4 Å². The number of aliphatic hydroxyl groups is 1. The number of hydrogen-bond acceptors (Lipinski definition) is 3. The molecule has 0 amide bonds. The van der Waals surface area contributed by atoms with Crippen molar-refractivity contribution < 1.29 is 18.6 Å². The SMILES string of the molecule is C[C@H](O)c1ccc(OCc2nccn2C(F)F)cc1. The number of alkyl halides is 2. The van der Waals surface area contributed by atoms with E-state index in [0.717, 1.165) is 10.1 Å². The van der Waals surface area contributed by atoms with Crippen LogP contribution < -0.4 is 4.74 Å². The van der Waals surface area contributed by atoms with Gasteiger partial charge in [-0.2, -0.15) is 8.78 Å². The fraction of sp³-hybridized carbons (Fsp3) is 0.308. The summed E-state index contributed by atoms with van der Waals surface area (Å²) in [5, 5.41) is 9.35. The molecule has 4 nitrogen and oxygen atoms in total. The summed E-state index contributed by atoms with van der Waals surface area (Å²) in [6.45, 7) is -1.00. The van der Waals surface area contributed by atoms with E-state index in [-0.39, 0.29) is 12.4 Å². The molecule has 0 aliphatic carbocycles. The largest absolute Gasteiger partial charge is 0.486 e. The maximum absolute atomic E-state index is 12.6. The molecular weight excluding hydrogens is 254 g/mol. The highest BCUT2D eigenvalue weighted by atomic mass is 19.3. The van der Waals surface area contributed by atoms with Gasteiger partial charge >= 0.3 is 6.55 Å². The molecule has 1 aromatic carbocycles. The second-order valence-electron chi connectivity index (χ2n) is 4.06. The third-order valence-electron chi connectivity index (χ3n) is 2.69. The van der Waals surface area contributed by atoms with Crippen LogP contribution in [-0.4, -0.2) is 14.7 Å². The van der Waals surface area contributed by atoms with Crippen LogP contribution in [-0.2, 0) is 6.61 Å². The van der Waals surface area contributed by atoms with Gasteiger partial charge in [-0.3, -0.25) is 4.57 Å². The third-order valence-corrected chi connectivity index (χ3v) is 2.69. The molecule has 0 aliphatic heterocycles. The van der Waals surface area contributed by atoms with Gasteiger partial charge < -0.3 is 9.84 Å². The highest BCUT2D eigenvalue weighted by molar-refractivity contribution is 5.28. The van der Waals surface area contributed by atoms with Gasteiger partial charge in [-0.15, -0.1) is 0 Å². The Kier molecular flexibility index (Phi) is 4.11. The lowest BCUT2D eigenvalue weighted by Crippen LogP contribution is -2.07. The van der Waals surface area contributed by atoms with Crippen molar-refractivity contribution in [3.8, 4) is 5.75 Å². The first kappa shape index (κ1) is 13.5. The molecule has 0 radical (unpaired) electrons. The third kappa shape index (κ3) is 3.29. The van der Waals surface area contributed by atoms with Crippen molar-refractivity contribution in [2.45, 2.75) is 26.2 Å². The predicted molar refractivity (Wildman–Crippen MR) is 64.9 cm³/mol. The van der Waals surface area contributed by atoms with Gasteiger partial charge in [-0.25, -0.2) is 4.98 Å². The summed E-state index contributed by atoms with van der Waals surface area (Å²) in [6.07, 6.45) is 1.97. The van der Waals surface area contributed by atoms with Crippen LogP contribution in [0, 0.1) is 0 Å². The number of nitrogens with zero attached hydrogens (tertiary/aromatic N) is 2. The molecule has 2 rings (SSSR count). The highest BCUT2D eigenvalue weighted by Gasteiger charge is 2.11. The van der Waals surface area contributed by atoms with E-state index in [1.165, 1.54) is 12.4 Å². The molecule has 1 heterocycles. The van der Waals surface area contributed by atoms with Gasteiger partial charge in [-0.1, -0.05) is 12.1 Å². The molecule has 1 aromatic heterocycles. The zero-order valence-corrected chi connectivity index (χ0v) is 10.3. The van der Waals surface area contributed by atoms with Crippen LogP contribution in [0.15, 0.2) is 36.7 Å². The smallest absolute Gasteiger partial charge is 0.320 e. The number of ether oxygens (including phenoxy) is 1. The topological polar surface area (TPSA) is 47.3 Å². The van der Waals surface area contributed by atoms with Gasteiger partial charge in [0.1, 0.15) is 12.4 Å². The summed E-state index contributed by atoms with van der Waals surface area (Å²) >= 11 is 0. The first-order chi connectivity index (χ1) is 9.08. The number of halogens is 2. The standard InChI is InChI=1S/C13H14F2N2O2/c1-9(18)10-2-4-11(5-3-10)19-8-12-16-6-7-17(12)13(14)15/h2-7,9,13,18H,8H2,1H3/t9-/m0/s1. The molecule has 0 bridgehead atoms. The molecule has 0 saturated carbocycles. The molecule has 0 fully saturated rings. The lowest BCUT2D eigenvalue weighted by molar-refractivity contribution is 0.0632. The number of hydrogen-bond donors (Lipinski definition) is 1. The van der Waals surface area contributed by atoms with Crippen molar-refractivity contribution in [1.82, 2.24) is 9.55 Å². The highest BCUT2D eigenvalue weighted by Crippen LogP contribution is 2.19. The fourth-order valence-electron chi connectivity index (χ4n) is 1.62. The molecule has 0 spiro atoms. The number of aliphatic hydroxyl groups excluding tert-OH is 1. The van der Waals surface area contributed by atoms with Crippen molar-refractivity contribution in [2.24, 2.45) is 0 Å². The molecule has 19 heavy (non-hydrogen) atoms. The van der Waals surface area contributed by atoms with E-state index in [2.05, 4.69) is 4.98 Å². The average Bonchev–Trinajstić information content (AvgIpc) is 2.85. The summed E-state index contributed by atoms with van der Waals surface area (Å²) in [5.41, 5.74) is 0.765. The molecule has 2 aromatic rings. The average molecular weight is 268 g/mol. The van der Waals surface area contributed by atoms with Crippen molar-refractivity contribution in [3.63, 3.8) is 0 Å². The molecule has 1 N–H and O–H groups in total. The van der Waals surface area contributed by atoms with Crippen molar-refractivity contribution in [3.05, 3.63) is 48.0 Å². The van der Waals surface area contributed by atoms with Crippen molar-refractivity contribution in [1.29, 1.82) is 0 Å².